The normalized spacial score (nSPS) is 10.9. The Morgan fingerprint density at radius 2 is 0.806 bits per heavy atom. The van der Waals surface area contributed by atoms with E-state index in [4.69, 9.17) is 0 Å². The van der Waals surface area contributed by atoms with E-state index >= 15 is 0 Å². The highest BCUT2D eigenvalue weighted by atomic mass is 14.9. The highest BCUT2D eigenvalue weighted by molar-refractivity contribution is 5.60. The number of rotatable bonds is 9. The largest absolute Gasteiger partial charge is 0.385 e. The average Bonchev–Trinajstić information content (AvgIpc) is 2.73. The maximum atomic E-state index is 3.44. The topological polar surface area (TPSA) is 36.1 Å². The molecule has 0 aliphatic rings. The molecule has 0 saturated heterocycles. The molecule has 0 unspecified atom stereocenters. The van der Waals surface area contributed by atoms with Gasteiger partial charge in [0.1, 0.15) is 0 Å². The lowest BCUT2D eigenvalue weighted by molar-refractivity contribution is 0.936. The predicted molar refractivity (Wildman–Crippen MR) is 137 cm³/mol. The van der Waals surface area contributed by atoms with Crippen molar-refractivity contribution in [2.45, 2.75) is 47.5 Å². The molecule has 0 saturated carbocycles. The van der Waals surface area contributed by atoms with Crippen LogP contribution in [0, 0.1) is 20.8 Å². The molecule has 0 fully saturated rings. The molecule has 0 heterocycles. The number of anilines is 3. The SMILES string of the molecule is CCNc1ccc(C(c2ccc(NCC)cc2C)c2ccc(NCC)cc2C)c(C)c1. The third-order valence-corrected chi connectivity index (χ3v) is 5.89. The Bertz CT molecular complexity index is 891. The maximum absolute atomic E-state index is 3.44. The second kappa shape index (κ2) is 10.4. The average molecular weight is 416 g/mol. The van der Waals surface area contributed by atoms with Crippen molar-refractivity contribution in [3.05, 3.63) is 88.0 Å². The monoisotopic (exact) mass is 415 g/mol. The van der Waals surface area contributed by atoms with Crippen molar-refractivity contribution in [3.8, 4) is 0 Å². The first-order valence-electron chi connectivity index (χ1n) is 11.5. The summed E-state index contributed by atoms with van der Waals surface area (Å²) in [5.41, 5.74) is 11.6. The number of hydrogen-bond donors (Lipinski definition) is 3. The number of aryl methyl sites for hydroxylation is 3. The van der Waals surface area contributed by atoms with Gasteiger partial charge in [-0.3, -0.25) is 0 Å². The molecule has 0 aromatic heterocycles. The van der Waals surface area contributed by atoms with Crippen LogP contribution in [0.3, 0.4) is 0 Å². The molecule has 3 N–H and O–H groups in total. The Morgan fingerprint density at radius 1 is 0.516 bits per heavy atom. The zero-order valence-electron chi connectivity index (χ0n) is 19.9. The first-order chi connectivity index (χ1) is 15.0. The minimum atomic E-state index is 0.196. The van der Waals surface area contributed by atoms with Crippen LogP contribution in [0.5, 0.6) is 0 Å². The van der Waals surface area contributed by atoms with Gasteiger partial charge in [-0.05, 0) is 111 Å². The van der Waals surface area contributed by atoms with E-state index in [0.717, 1.165) is 19.6 Å². The third-order valence-electron chi connectivity index (χ3n) is 5.89. The molecule has 3 heteroatoms. The smallest absolute Gasteiger partial charge is 0.0347 e. The summed E-state index contributed by atoms with van der Waals surface area (Å²) in [5.74, 6) is 0.196. The minimum Gasteiger partial charge on any atom is -0.385 e. The van der Waals surface area contributed by atoms with E-state index in [9.17, 15) is 0 Å². The molecule has 3 aromatic rings. The van der Waals surface area contributed by atoms with Gasteiger partial charge in [0.25, 0.3) is 0 Å². The number of benzene rings is 3. The van der Waals surface area contributed by atoms with E-state index in [-0.39, 0.29) is 5.92 Å². The lowest BCUT2D eigenvalue weighted by Crippen LogP contribution is -2.10. The van der Waals surface area contributed by atoms with E-state index in [1.165, 1.54) is 50.4 Å². The minimum absolute atomic E-state index is 0.196. The molecule has 0 bridgehead atoms. The van der Waals surface area contributed by atoms with Gasteiger partial charge in [-0.2, -0.15) is 0 Å². The van der Waals surface area contributed by atoms with Crippen LogP contribution in [0.25, 0.3) is 0 Å². The number of nitrogens with one attached hydrogen (secondary N) is 3. The maximum Gasteiger partial charge on any atom is 0.0347 e. The molecule has 31 heavy (non-hydrogen) atoms. The third kappa shape index (κ3) is 5.22. The Hall–Kier alpha value is -2.94. The summed E-state index contributed by atoms with van der Waals surface area (Å²) in [4.78, 5) is 0. The fraction of sp³-hybridized carbons (Fsp3) is 0.357. The van der Waals surface area contributed by atoms with Crippen LogP contribution >= 0.6 is 0 Å². The molecule has 0 radical (unpaired) electrons. The van der Waals surface area contributed by atoms with Crippen molar-refractivity contribution in [2.75, 3.05) is 35.6 Å². The van der Waals surface area contributed by atoms with Crippen LogP contribution in [0.2, 0.25) is 0 Å². The van der Waals surface area contributed by atoms with Gasteiger partial charge < -0.3 is 16.0 Å². The summed E-state index contributed by atoms with van der Waals surface area (Å²) in [5, 5.41) is 10.3. The molecule has 3 rings (SSSR count). The van der Waals surface area contributed by atoms with Crippen LogP contribution in [-0.2, 0) is 0 Å². The van der Waals surface area contributed by atoms with Gasteiger partial charge in [-0.1, -0.05) is 18.2 Å². The summed E-state index contributed by atoms with van der Waals surface area (Å²) >= 11 is 0. The fourth-order valence-corrected chi connectivity index (χ4v) is 4.44. The Balaban J connectivity index is 2.16. The Labute approximate surface area is 188 Å². The van der Waals surface area contributed by atoms with Gasteiger partial charge in [0.2, 0.25) is 0 Å². The van der Waals surface area contributed by atoms with Crippen molar-refractivity contribution in [1.82, 2.24) is 0 Å². The first-order valence-corrected chi connectivity index (χ1v) is 11.5. The molecular weight excluding hydrogens is 378 g/mol. The van der Waals surface area contributed by atoms with E-state index in [1.807, 2.05) is 0 Å². The highest BCUT2D eigenvalue weighted by Crippen LogP contribution is 2.39. The molecular formula is C28H37N3. The Morgan fingerprint density at radius 3 is 1.03 bits per heavy atom. The summed E-state index contributed by atoms with van der Waals surface area (Å²) < 4.78 is 0. The summed E-state index contributed by atoms with van der Waals surface area (Å²) in [6.45, 7) is 15.9. The van der Waals surface area contributed by atoms with Crippen molar-refractivity contribution in [1.29, 1.82) is 0 Å². The second-order valence-corrected chi connectivity index (χ2v) is 8.24. The van der Waals surface area contributed by atoms with Crippen molar-refractivity contribution >= 4 is 17.1 Å². The number of hydrogen-bond acceptors (Lipinski definition) is 3. The zero-order chi connectivity index (χ0) is 22.4. The quantitative estimate of drug-likeness (QED) is 0.327. The molecule has 164 valence electrons. The Kier molecular flexibility index (Phi) is 7.62. The summed E-state index contributed by atoms with van der Waals surface area (Å²) in [6.07, 6.45) is 0. The van der Waals surface area contributed by atoms with Crippen molar-refractivity contribution in [3.63, 3.8) is 0 Å². The molecule has 3 aromatic carbocycles. The molecule has 0 amide bonds. The lowest BCUT2D eigenvalue weighted by Gasteiger charge is -2.26. The van der Waals surface area contributed by atoms with Crippen LogP contribution in [-0.4, -0.2) is 19.6 Å². The van der Waals surface area contributed by atoms with Crippen LogP contribution in [0.15, 0.2) is 54.6 Å². The van der Waals surface area contributed by atoms with Gasteiger partial charge in [-0.15, -0.1) is 0 Å². The molecule has 3 nitrogen and oxygen atoms in total. The van der Waals surface area contributed by atoms with E-state index in [0.29, 0.717) is 0 Å². The molecule has 0 atom stereocenters. The second-order valence-electron chi connectivity index (χ2n) is 8.24. The summed E-state index contributed by atoms with van der Waals surface area (Å²) in [7, 11) is 0. The van der Waals surface area contributed by atoms with Gasteiger partial charge in [0, 0.05) is 42.6 Å². The standard InChI is InChI=1S/C28H37N3/c1-7-29-22-10-13-25(19(4)16-22)28(26-14-11-23(30-8-2)17-20(26)5)27-15-12-24(31-9-3)18-21(27)6/h10-18,28-31H,7-9H2,1-6H3. The van der Waals surface area contributed by atoms with Gasteiger partial charge in [0.05, 0.1) is 0 Å². The van der Waals surface area contributed by atoms with Gasteiger partial charge >= 0.3 is 0 Å². The predicted octanol–water partition coefficient (Wildman–Crippen LogP) is 7.09. The highest BCUT2D eigenvalue weighted by Gasteiger charge is 2.22. The van der Waals surface area contributed by atoms with Crippen molar-refractivity contribution in [2.24, 2.45) is 0 Å². The first kappa shape index (κ1) is 22.7. The van der Waals surface area contributed by atoms with Crippen LogP contribution in [0.1, 0.15) is 60.1 Å². The fourth-order valence-electron chi connectivity index (χ4n) is 4.44. The molecule has 0 aliphatic carbocycles. The van der Waals surface area contributed by atoms with Gasteiger partial charge in [-0.25, -0.2) is 0 Å². The zero-order valence-corrected chi connectivity index (χ0v) is 19.9. The van der Waals surface area contributed by atoms with E-state index in [1.54, 1.807) is 0 Å². The van der Waals surface area contributed by atoms with Crippen molar-refractivity contribution < 1.29 is 0 Å². The van der Waals surface area contributed by atoms with E-state index in [2.05, 4.69) is 112 Å². The molecule has 0 spiro atoms. The molecule has 0 aliphatic heterocycles. The van der Waals surface area contributed by atoms with E-state index < -0.39 is 0 Å². The van der Waals surface area contributed by atoms with Crippen LogP contribution < -0.4 is 16.0 Å². The van der Waals surface area contributed by atoms with Gasteiger partial charge in [0.15, 0.2) is 0 Å². The van der Waals surface area contributed by atoms with Crippen LogP contribution in [0.4, 0.5) is 17.1 Å². The summed E-state index contributed by atoms with van der Waals surface area (Å²) in [6, 6.07) is 20.4. The lowest BCUT2D eigenvalue weighted by atomic mass is 9.79.